The van der Waals surface area contributed by atoms with Gasteiger partial charge in [-0.05, 0) is 57.6 Å². The maximum Gasteiger partial charge on any atom is 0.246 e. The summed E-state index contributed by atoms with van der Waals surface area (Å²) in [6.07, 6.45) is 0.979. The number of nitrogens with one attached hydrogen (secondary N) is 2. The van der Waals surface area contributed by atoms with E-state index in [4.69, 9.17) is 4.74 Å². The zero-order chi connectivity index (χ0) is 29.4. The van der Waals surface area contributed by atoms with Gasteiger partial charge in [-0.2, -0.15) is 0 Å². The third kappa shape index (κ3) is 7.20. The third-order valence-electron chi connectivity index (χ3n) is 7.16. The molecule has 10 heteroatoms. The zero-order valence-corrected chi connectivity index (χ0v) is 25.4. The molecule has 1 saturated heterocycles. The van der Waals surface area contributed by atoms with Gasteiger partial charge in [0.15, 0.2) is 0 Å². The highest BCUT2D eigenvalue weighted by Gasteiger charge is 2.45. The van der Waals surface area contributed by atoms with E-state index < -0.39 is 29.2 Å². The summed E-state index contributed by atoms with van der Waals surface area (Å²) >= 11 is 1.56. The quantitative estimate of drug-likeness (QED) is 0.444. The molecular weight excluding hydrogens is 528 g/mol. The number of amides is 3. The first-order chi connectivity index (χ1) is 18.6. The number of aryl methyl sites for hydroxylation is 1. The highest BCUT2D eigenvalue weighted by Crippen LogP contribution is 2.34. The van der Waals surface area contributed by atoms with Crippen molar-refractivity contribution in [2.75, 3.05) is 6.54 Å². The van der Waals surface area contributed by atoms with Crippen LogP contribution >= 0.6 is 11.3 Å². The maximum atomic E-state index is 13.7. The van der Waals surface area contributed by atoms with E-state index >= 15 is 0 Å². The normalized spacial score (nSPS) is 20.2. The molecule has 9 nitrogen and oxygen atoms in total. The van der Waals surface area contributed by atoms with Crippen LogP contribution in [-0.4, -0.2) is 63.0 Å². The van der Waals surface area contributed by atoms with Gasteiger partial charge in [0.2, 0.25) is 17.7 Å². The standard InChI is InChI=1S/C30H42N4O5S/c1-17-24(40-16-32-17)19-10-11-20(23(12-19)39-30(5,6)7)14-31-27(37)22-13-21(35)15-34(22)28(38)25(29(2,3)4)33-26(36)18-8-9-18/h10-12,16,18,21-22,25,35H,8-9,13-15H2,1-7H3,(H,31,37)(H,33,36)/t21-,22?,25-/m1/s1. The van der Waals surface area contributed by atoms with E-state index in [0.717, 1.165) is 34.5 Å². The number of thiazole rings is 1. The molecule has 2 aromatic rings. The molecule has 2 heterocycles. The van der Waals surface area contributed by atoms with Crippen LogP contribution in [0.3, 0.4) is 0 Å². The van der Waals surface area contributed by atoms with Gasteiger partial charge >= 0.3 is 0 Å². The summed E-state index contributed by atoms with van der Waals surface area (Å²) in [5, 5.41) is 16.3. The van der Waals surface area contributed by atoms with Crippen LogP contribution in [-0.2, 0) is 20.9 Å². The second-order valence-electron chi connectivity index (χ2n) is 13.0. The Morgan fingerprint density at radius 3 is 2.42 bits per heavy atom. The molecule has 1 aromatic heterocycles. The Morgan fingerprint density at radius 1 is 1.15 bits per heavy atom. The van der Waals surface area contributed by atoms with Crippen molar-refractivity contribution < 1.29 is 24.2 Å². The predicted octanol–water partition coefficient (Wildman–Crippen LogP) is 3.81. The number of carbonyl (C=O) groups excluding carboxylic acids is 3. The van der Waals surface area contributed by atoms with E-state index in [9.17, 15) is 19.5 Å². The fourth-order valence-corrected chi connectivity index (χ4v) is 5.67. The largest absolute Gasteiger partial charge is 0.488 e. The van der Waals surface area contributed by atoms with E-state index in [1.807, 2.05) is 72.2 Å². The molecule has 4 rings (SSSR count). The molecule has 2 fully saturated rings. The van der Waals surface area contributed by atoms with Gasteiger partial charge in [-0.15, -0.1) is 11.3 Å². The molecule has 40 heavy (non-hydrogen) atoms. The average molecular weight is 571 g/mol. The topological polar surface area (TPSA) is 121 Å². The Hall–Kier alpha value is -2.98. The van der Waals surface area contributed by atoms with E-state index in [1.54, 1.807) is 11.3 Å². The number of likely N-dealkylation sites (tertiary alicyclic amines) is 1. The molecule has 3 N–H and O–H groups in total. The first-order valence-corrected chi connectivity index (χ1v) is 14.8. The summed E-state index contributed by atoms with van der Waals surface area (Å²) < 4.78 is 6.26. The van der Waals surface area contributed by atoms with Crippen LogP contribution in [0.25, 0.3) is 10.4 Å². The lowest BCUT2D eigenvalue weighted by Gasteiger charge is -2.35. The Kier molecular flexibility index (Phi) is 8.61. The van der Waals surface area contributed by atoms with Crippen molar-refractivity contribution in [3.8, 4) is 16.2 Å². The number of benzene rings is 1. The summed E-state index contributed by atoms with van der Waals surface area (Å²) in [5.41, 5.74) is 3.54. The monoisotopic (exact) mass is 570 g/mol. The van der Waals surface area contributed by atoms with Gasteiger partial charge in [0.05, 0.1) is 22.2 Å². The van der Waals surface area contributed by atoms with Crippen LogP contribution in [0, 0.1) is 18.3 Å². The van der Waals surface area contributed by atoms with Gasteiger partial charge in [-0.25, -0.2) is 4.98 Å². The lowest BCUT2D eigenvalue weighted by atomic mass is 9.85. The van der Waals surface area contributed by atoms with Crippen LogP contribution in [0.2, 0.25) is 0 Å². The molecule has 1 unspecified atom stereocenters. The van der Waals surface area contributed by atoms with Gasteiger partial charge in [-0.1, -0.05) is 32.9 Å². The van der Waals surface area contributed by atoms with Gasteiger partial charge in [0, 0.05) is 31.0 Å². The van der Waals surface area contributed by atoms with Crippen LogP contribution in [0.4, 0.5) is 0 Å². The fourth-order valence-electron chi connectivity index (χ4n) is 4.87. The van der Waals surface area contributed by atoms with Crippen molar-refractivity contribution in [3.63, 3.8) is 0 Å². The molecule has 3 amide bonds. The molecule has 1 aromatic carbocycles. The third-order valence-corrected chi connectivity index (χ3v) is 8.13. The number of nitrogens with zero attached hydrogens (tertiary/aromatic N) is 2. The molecular formula is C30H42N4O5S. The lowest BCUT2D eigenvalue weighted by Crippen LogP contribution is -2.58. The summed E-state index contributed by atoms with van der Waals surface area (Å²) in [6, 6.07) is 4.26. The van der Waals surface area contributed by atoms with Crippen LogP contribution in [0.5, 0.6) is 5.75 Å². The van der Waals surface area contributed by atoms with Gasteiger partial charge < -0.3 is 25.4 Å². The predicted molar refractivity (Wildman–Crippen MR) is 155 cm³/mol. The van der Waals surface area contributed by atoms with Crippen LogP contribution < -0.4 is 15.4 Å². The van der Waals surface area contributed by atoms with Crippen molar-refractivity contribution in [3.05, 3.63) is 35.0 Å². The number of hydrogen-bond donors (Lipinski definition) is 3. The smallest absolute Gasteiger partial charge is 0.246 e. The first-order valence-electron chi connectivity index (χ1n) is 13.9. The number of aliphatic hydroxyl groups excluding tert-OH is 1. The van der Waals surface area contributed by atoms with E-state index in [1.165, 1.54) is 4.90 Å². The molecule has 1 aliphatic heterocycles. The Bertz CT molecular complexity index is 1260. The number of ether oxygens (including phenoxy) is 1. The van der Waals surface area contributed by atoms with Crippen molar-refractivity contribution in [2.24, 2.45) is 11.3 Å². The second kappa shape index (κ2) is 11.5. The number of hydrogen-bond acceptors (Lipinski definition) is 7. The Balaban J connectivity index is 1.51. The highest BCUT2D eigenvalue weighted by atomic mass is 32.1. The molecule has 0 bridgehead atoms. The highest BCUT2D eigenvalue weighted by molar-refractivity contribution is 7.13. The summed E-state index contributed by atoms with van der Waals surface area (Å²) in [5.74, 6) is -0.211. The number of β-amino-alcohol motifs (C(OH)–C–C–N with tert-alkyl or cyclic N) is 1. The number of rotatable bonds is 8. The summed E-state index contributed by atoms with van der Waals surface area (Å²) in [7, 11) is 0. The molecule has 1 aliphatic carbocycles. The molecule has 3 atom stereocenters. The fraction of sp³-hybridized carbons (Fsp3) is 0.600. The minimum absolute atomic E-state index is 0.0446. The SMILES string of the molecule is Cc1ncsc1-c1ccc(CNC(=O)C2C[C@@H](O)CN2C(=O)[C@@H](NC(=O)C2CC2)C(C)(C)C)c(OC(C)(C)C)c1. The van der Waals surface area contributed by atoms with Crippen LogP contribution in [0.1, 0.15) is 72.1 Å². The molecule has 2 aliphatic rings. The zero-order valence-electron chi connectivity index (χ0n) is 24.5. The van der Waals surface area contributed by atoms with E-state index in [0.29, 0.717) is 5.75 Å². The molecule has 0 spiro atoms. The van der Waals surface area contributed by atoms with Crippen molar-refractivity contribution in [1.82, 2.24) is 20.5 Å². The van der Waals surface area contributed by atoms with Crippen molar-refractivity contribution in [1.29, 1.82) is 0 Å². The van der Waals surface area contributed by atoms with Gasteiger partial charge in [0.1, 0.15) is 23.4 Å². The van der Waals surface area contributed by atoms with E-state index in [-0.39, 0.29) is 43.1 Å². The molecule has 0 radical (unpaired) electrons. The Morgan fingerprint density at radius 2 is 1.85 bits per heavy atom. The van der Waals surface area contributed by atoms with Gasteiger partial charge in [-0.3, -0.25) is 14.4 Å². The number of aliphatic hydroxyl groups is 1. The molecule has 218 valence electrons. The number of carbonyl (C=O) groups is 3. The Labute approximate surface area is 240 Å². The van der Waals surface area contributed by atoms with Crippen molar-refractivity contribution in [2.45, 2.75) is 98.1 Å². The van der Waals surface area contributed by atoms with Crippen LogP contribution in [0.15, 0.2) is 23.7 Å². The molecule has 1 saturated carbocycles. The average Bonchev–Trinajstić information content (AvgIpc) is 3.50. The second-order valence-corrected chi connectivity index (χ2v) is 13.9. The van der Waals surface area contributed by atoms with E-state index in [2.05, 4.69) is 15.6 Å². The minimum atomic E-state index is -0.837. The van der Waals surface area contributed by atoms with Gasteiger partial charge in [0.25, 0.3) is 0 Å². The minimum Gasteiger partial charge on any atom is -0.488 e. The number of aromatic nitrogens is 1. The summed E-state index contributed by atoms with van der Waals surface area (Å²) in [6.45, 7) is 13.8. The summed E-state index contributed by atoms with van der Waals surface area (Å²) in [4.78, 5) is 46.5. The maximum absolute atomic E-state index is 13.7. The lowest BCUT2D eigenvalue weighted by molar-refractivity contribution is -0.144. The first kappa shape index (κ1) is 30.0. The van der Waals surface area contributed by atoms with Crippen molar-refractivity contribution >= 4 is 29.1 Å².